The van der Waals surface area contributed by atoms with E-state index in [-0.39, 0.29) is 23.5 Å². The molecule has 0 saturated carbocycles. The number of hydrogen-bond acceptors (Lipinski definition) is 6. The molecule has 1 N–H and O–H groups in total. The van der Waals surface area contributed by atoms with E-state index in [9.17, 15) is 13.2 Å². The number of hydrogen-bond donors (Lipinski definition) is 1. The van der Waals surface area contributed by atoms with Crippen molar-refractivity contribution >= 4 is 21.7 Å². The minimum atomic E-state index is -2.95. The molecule has 0 aliphatic carbocycles. The molecule has 1 unspecified atom stereocenters. The Balaban J connectivity index is 2.01. The second-order valence-electron chi connectivity index (χ2n) is 6.04. The molecule has 0 bridgehead atoms. The Kier molecular flexibility index (Phi) is 5.00. The lowest BCUT2D eigenvalue weighted by Crippen LogP contribution is -2.34. The first-order valence-electron chi connectivity index (χ1n) is 7.32. The van der Waals surface area contributed by atoms with Crippen molar-refractivity contribution in [2.75, 3.05) is 30.0 Å². The van der Waals surface area contributed by atoms with E-state index in [4.69, 9.17) is 0 Å². The standard InChI is InChI=1S/C14H22N4O3S/c1-10(2)6-15-13(19)11-7-16-14(17-8-11)18(3)12-4-5-22(20,21)9-12/h7-8,10,12H,4-6,9H2,1-3H3,(H,15,19). The van der Waals surface area contributed by atoms with Gasteiger partial charge in [-0.2, -0.15) is 0 Å². The highest BCUT2D eigenvalue weighted by molar-refractivity contribution is 7.91. The highest BCUT2D eigenvalue weighted by Crippen LogP contribution is 2.19. The van der Waals surface area contributed by atoms with Gasteiger partial charge in [0.1, 0.15) is 0 Å². The van der Waals surface area contributed by atoms with Crippen molar-refractivity contribution in [2.45, 2.75) is 26.3 Å². The summed E-state index contributed by atoms with van der Waals surface area (Å²) in [6.45, 7) is 4.63. The minimum absolute atomic E-state index is 0.106. The summed E-state index contributed by atoms with van der Waals surface area (Å²) >= 11 is 0. The topological polar surface area (TPSA) is 92.3 Å². The van der Waals surface area contributed by atoms with Crippen LogP contribution in [0.15, 0.2) is 12.4 Å². The summed E-state index contributed by atoms with van der Waals surface area (Å²) in [5.41, 5.74) is 0.400. The molecule has 2 heterocycles. The number of rotatable bonds is 5. The fraction of sp³-hybridized carbons (Fsp3) is 0.643. The Labute approximate surface area is 131 Å². The molecule has 1 aromatic heterocycles. The van der Waals surface area contributed by atoms with Gasteiger partial charge in [0, 0.05) is 32.0 Å². The molecule has 0 radical (unpaired) electrons. The first-order valence-corrected chi connectivity index (χ1v) is 9.14. The minimum Gasteiger partial charge on any atom is -0.352 e. The maximum atomic E-state index is 11.9. The van der Waals surface area contributed by atoms with Crippen LogP contribution < -0.4 is 10.2 Å². The largest absolute Gasteiger partial charge is 0.352 e. The van der Waals surface area contributed by atoms with Gasteiger partial charge in [0.05, 0.1) is 17.1 Å². The van der Waals surface area contributed by atoms with E-state index < -0.39 is 9.84 Å². The zero-order valence-electron chi connectivity index (χ0n) is 13.1. The van der Waals surface area contributed by atoms with Crippen molar-refractivity contribution in [3.63, 3.8) is 0 Å². The van der Waals surface area contributed by atoms with Crippen molar-refractivity contribution in [3.8, 4) is 0 Å². The van der Waals surface area contributed by atoms with Crippen LogP contribution in [0.4, 0.5) is 5.95 Å². The van der Waals surface area contributed by atoms with Crippen molar-refractivity contribution < 1.29 is 13.2 Å². The number of nitrogens with one attached hydrogen (secondary N) is 1. The molecule has 122 valence electrons. The molecule has 22 heavy (non-hydrogen) atoms. The van der Waals surface area contributed by atoms with Gasteiger partial charge >= 0.3 is 0 Å². The number of nitrogens with zero attached hydrogens (tertiary/aromatic N) is 3. The van der Waals surface area contributed by atoms with Crippen LogP contribution in [-0.2, 0) is 9.84 Å². The lowest BCUT2D eigenvalue weighted by atomic mass is 10.2. The monoisotopic (exact) mass is 326 g/mol. The van der Waals surface area contributed by atoms with E-state index in [1.807, 2.05) is 13.8 Å². The molecule has 1 aromatic rings. The second-order valence-corrected chi connectivity index (χ2v) is 8.27. The molecular formula is C14H22N4O3S. The van der Waals surface area contributed by atoms with Crippen LogP contribution in [0, 0.1) is 5.92 Å². The summed E-state index contributed by atoms with van der Waals surface area (Å²) in [7, 11) is -1.17. The molecule has 1 aliphatic rings. The van der Waals surface area contributed by atoms with Crippen LogP contribution in [0.2, 0.25) is 0 Å². The van der Waals surface area contributed by atoms with Gasteiger partial charge in [0.25, 0.3) is 5.91 Å². The molecule has 1 aliphatic heterocycles. The van der Waals surface area contributed by atoms with Crippen LogP contribution in [-0.4, -0.2) is 55.4 Å². The van der Waals surface area contributed by atoms with Gasteiger partial charge in [-0.3, -0.25) is 4.79 Å². The lowest BCUT2D eigenvalue weighted by Gasteiger charge is -2.23. The van der Waals surface area contributed by atoms with Gasteiger partial charge in [-0.05, 0) is 12.3 Å². The van der Waals surface area contributed by atoms with Crippen molar-refractivity contribution in [3.05, 3.63) is 18.0 Å². The summed E-state index contributed by atoms with van der Waals surface area (Å²) in [5, 5.41) is 2.80. The Hall–Kier alpha value is -1.70. The summed E-state index contributed by atoms with van der Waals surface area (Å²) in [6, 6.07) is -0.106. The summed E-state index contributed by atoms with van der Waals surface area (Å²) < 4.78 is 23.1. The number of aromatic nitrogens is 2. The fourth-order valence-corrected chi connectivity index (χ4v) is 4.04. The quantitative estimate of drug-likeness (QED) is 0.846. The van der Waals surface area contributed by atoms with Gasteiger partial charge in [0.2, 0.25) is 5.95 Å². The van der Waals surface area contributed by atoms with E-state index in [0.717, 1.165) is 0 Å². The van der Waals surface area contributed by atoms with Crippen LogP contribution in [0.1, 0.15) is 30.6 Å². The van der Waals surface area contributed by atoms with Gasteiger partial charge in [0.15, 0.2) is 9.84 Å². The zero-order chi connectivity index (χ0) is 16.3. The normalized spacial score (nSPS) is 20.1. The zero-order valence-corrected chi connectivity index (χ0v) is 13.9. The van der Waals surface area contributed by atoms with Crippen LogP contribution >= 0.6 is 0 Å². The third kappa shape index (κ3) is 4.16. The summed E-state index contributed by atoms with van der Waals surface area (Å²) in [5.74, 6) is 0.940. The maximum absolute atomic E-state index is 11.9. The molecule has 1 amide bonds. The van der Waals surface area contributed by atoms with Gasteiger partial charge in [-0.15, -0.1) is 0 Å². The summed E-state index contributed by atoms with van der Waals surface area (Å²) in [6.07, 6.45) is 3.52. The summed E-state index contributed by atoms with van der Waals surface area (Å²) in [4.78, 5) is 22.0. The van der Waals surface area contributed by atoms with Gasteiger partial charge in [-0.1, -0.05) is 13.8 Å². The van der Waals surface area contributed by atoms with Crippen molar-refractivity contribution in [1.29, 1.82) is 0 Å². The predicted octanol–water partition coefficient (Wildman–Crippen LogP) is 0.486. The van der Waals surface area contributed by atoms with Gasteiger partial charge < -0.3 is 10.2 Å². The molecule has 8 heteroatoms. The molecule has 1 fully saturated rings. The molecule has 0 spiro atoms. The highest BCUT2D eigenvalue weighted by atomic mass is 32.2. The molecular weight excluding hydrogens is 304 g/mol. The molecule has 1 saturated heterocycles. The van der Waals surface area contributed by atoms with E-state index in [0.29, 0.717) is 30.4 Å². The average Bonchev–Trinajstić information content (AvgIpc) is 2.84. The molecule has 0 aromatic carbocycles. The Bertz CT molecular complexity index is 628. The second kappa shape index (κ2) is 6.60. The predicted molar refractivity (Wildman–Crippen MR) is 84.7 cm³/mol. The van der Waals surface area contributed by atoms with E-state index in [1.54, 1.807) is 11.9 Å². The van der Waals surface area contributed by atoms with E-state index in [2.05, 4.69) is 15.3 Å². The van der Waals surface area contributed by atoms with Gasteiger partial charge in [-0.25, -0.2) is 18.4 Å². The van der Waals surface area contributed by atoms with Crippen LogP contribution in [0.5, 0.6) is 0 Å². The Morgan fingerprint density at radius 2 is 2.05 bits per heavy atom. The average molecular weight is 326 g/mol. The Morgan fingerprint density at radius 1 is 1.41 bits per heavy atom. The number of carbonyl (C=O) groups excluding carboxylic acids is 1. The first-order chi connectivity index (χ1) is 10.3. The first kappa shape index (κ1) is 16.7. The van der Waals surface area contributed by atoms with E-state index >= 15 is 0 Å². The number of carbonyl (C=O) groups is 1. The van der Waals surface area contributed by atoms with Crippen molar-refractivity contribution in [2.24, 2.45) is 5.92 Å². The molecule has 2 rings (SSSR count). The lowest BCUT2D eigenvalue weighted by molar-refractivity contribution is 0.0948. The number of sulfone groups is 1. The van der Waals surface area contributed by atoms with Crippen LogP contribution in [0.3, 0.4) is 0 Å². The number of amides is 1. The molecule has 7 nitrogen and oxygen atoms in total. The number of anilines is 1. The SMILES string of the molecule is CC(C)CNC(=O)c1cnc(N(C)C2CCS(=O)(=O)C2)nc1. The van der Waals surface area contributed by atoms with E-state index in [1.165, 1.54) is 12.4 Å². The Morgan fingerprint density at radius 3 is 2.55 bits per heavy atom. The molecule has 1 atom stereocenters. The van der Waals surface area contributed by atoms with Crippen LogP contribution in [0.25, 0.3) is 0 Å². The van der Waals surface area contributed by atoms with Crippen molar-refractivity contribution in [1.82, 2.24) is 15.3 Å². The smallest absolute Gasteiger partial charge is 0.254 e. The third-order valence-electron chi connectivity index (χ3n) is 3.64. The maximum Gasteiger partial charge on any atom is 0.254 e. The fourth-order valence-electron chi connectivity index (χ4n) is 2.26. The third-order valence-corrected chi connectivity index (χ3v) is 5.39. The highest BCUT2D eigenvalue weighted by Gasteiger charge is 2.31.